The summed E-state index contributed by atoms with van der Waals surface area (Å²) in [7, 11) is -3.17. The number of carboxylic acids is 1. The Balaban J connectivity index is 0.000000396. The molecule has 3 atom stereocenters. The average Bonchev–Trinajstić information content (AvgIpc) is 3.08. The summed E-state index contributed by atoms with van der Waals surface area (Å²) in [6, 6.07) is 0. The Labute approximate surface area is 172 Å². The number of nitrogens with one attached hydrogen (secondary N) is 1. The van der Waals surface area contributed by atoms with Gasteiger partial charge in [0.2, 0.25) is 16.0 Å². The van der Waals surface area contributed by atoms with Gasteiger partial charge >= 0.3 is 12.1 Å². The number of fused-ring (bicyclic) bond motifs is 1. The fourth-order valence-corrected chi connectivity index (χ4v) is 3.87. The molecule has 1 aromatic rings. The van der Waals surface area contributed by atoms with Crippen molar-refractivity contribution in [2.24, 2.45) is 11.8 Å². The van der Waals surface area contributed by atoms with Gasteiger partial charge in [-0.1, -0.05) is 6.92 Å². The zero-order valence-electron chi connectivity index (χ0n) is 16.6. The van der Waals surface area contributed by atoms with E-state index in [1.165, 1.54) is 6.26 Å². The zero-order valence-corrected chi connectivity index (χ0v) is 17.4. The molecular weight excluding hydrogens is 429 g/mol. The Hall–Kier alpha value is -1.99. The number of hydrogen-bond donors (Lipinski definition) is 2. The van der Waals surface area contributed by atoms with Crippen LogP contribution in [0.1, 0.15) is 18.9 Å². The number of alkyl halides is 3. The van der Waals surface area contributed by atoms with E-state index in [1.54, 1.807) is 0 Å². The van der Waals surface area contributed by atoms with Crippen molar-refractivity contribution in [3.8, 4) is 0 Å². The smallest absolute Gasteiger partial charge is 0.475 e. The van der Waals surface area contributed by atoms with Crippen LogP contribution in [0.25, 0.3) is 0 Å². The van der Waals surface area contributed by atoms with E-state index < -0.39 is 22.2 Å². The fraction of sp³-hybridized carbons (Fsp3) is 0.706. The molecule has 9 nitrogen and oxygen atoms in total. The molecule has 0 radical (unpaired) electrons. The molecule has 2 fully saturated rings. The number of carbonyl (C=O) groups is 1. The van der Waals surface area contributed by atoms with Gasteiger partial charge in [-0.3, -0.25) is 0 Å². The third kappa shape index (κ3) is 7.06. The summed E-state index contributed by atoms with van der Waals surface area (Å²) in [6.45, 7) is 4.87. The van der Waals surface area contributed by atoms with E-state index in [9.17, 15) is 21.6 Å². The number of aryl methyl sites for hydroxylation is 1. The van der Waals surface area contributed by atoms with Crippen LogP contribution in [0.5, 0.6) is 0 Å². The van der Waals surface area contributed by atoms with Crippen LogP contribution in [0.2, 0.25) is 0 Å². The Morgan fingerprint density at radius 3 is 2.47 bits per heavy atom. The molecule has 3 rings (SSSR count). The first-order valence-corrected chi connectivity index (χ1v) is 11.2. The minimum Gasteiger partial charge on any atom is -0.475 e. The molecular formula is C17H25F3N4O5S. The van der Waals surface area contributed by atoms with Crippen LogP contribution in [0, 0.1) is 11.8 Å². The minimum atomic E-state index is -5.08. The molecule has 0 spiro atoms. The summed E-state index contributed by atoms with van der Waals surface area (Å²) in [4.78, 5) is 20.0. The highest BCUT2D eigenvalue weighted by Crippen LogP contribution is 2.35. The maximum absolute atomic E-state index is 11.2. The lowest BCUT2D eigenvalue weighted by Gasteiger charge is -2.35. The maximum atomic E-state index is 11.2. The number of aromatic nitrogens is 2. The molecule has 3 heterocycles. The van der Waals surface area contributed by atoms with Gasteiger partial charge in [-0.15, -0.1) is 0 Å². The summed E-state index contributed by atoms with van der Waals surface area (Å²) in [6.07, 6.45) is 1.75. The first-order chi connectivity index (χ1) is 13.9. The van der Waals surface area contributed by atoms with Crippen molar-refractivity contribution in [2.75, 3.05) is 37.4 Å². The molecule has 2 aliphatic heterocycles. The Bertz CT molecular complexity index is 820. The molecule has 2 saturated heterocycles. The Morgan fingerprint density at radius 2 is 1.97 bits per heavy atom. The second-order valence-corrected chi connectivity index (χ2v) is 9.03. The number of ether oxygens (including phenoxy) is 1. The number of halogens is 3. The van der Waals surface area contributed by atoms with E-state index in [0.717, 1.165) is 37.4 Å². The van der Waals surface area contributed by atoms with Crippen molar-refractivity contribution in [2.45, 2.75) is 32.0 Å². The van der Waals surface area contributed by atoms with Gasteiger partial charge in [0, 0.05) is 37.9 Å². The van der Waals surface area contributed by atoms with E-state index in [0.29, 0.717) is 25.0 Å². The van der Waals surface area contributed by atoms with Gasteiger partial charge in [0.15, 0.2) is 0 Å². The van der Waals surface area contributed by atoms with Crippen LogP contribution >= 0.6 is 0 Å². The topological polar surface area (TPSA) is 122 Å². The zero-order chi connectivity index (χ0) is 22.5. The summed E-state index contributed by atoms with van der Waals surface area (Å²) < 4.78 is 62.6. The van der Waals surface area contributed by atoms with Crippen LogP contribution < -0.4 is 9.62 Å². The number of carboxylic acid groups (broad SMARTS) is 1. The van der Waals surface area contributed by atoms with Crippen LogP contribution in [0.4, 0.5) is 19.1 Å². The van der Waals surface area contributed by atoms with E-state index in [1.807, 2.05) is 12.4 Å². The number of hydrogen-bond acceptors (Lipinski definition) is 7. The highest BCUT2D eigenvalue weighted by molar-refractivity contribution is 7.88. The summed E-state index contributed by atoms with van der Waals surface area (Å²) in [5.74, 6) is -1.18. The lowest BCUT2D eigenvalue weighted by molar-refractivity contribution is -0.192. The highest BCUT2D eigenvalue weighted by atomic mass is 32.2. The lowest BCUT2D eigenvalue weighted by Crippen LogP contribution is -2.44. The quantitative estimate of drug-likeness (QED) is 0.678. The largest absolute Gasteiger partial charge is 0.490 e. The van der Waals surface area contributed by atoms with E-state index >= 15 is 0 Å². The SMILES string of the molecule is CCc1cnc(N2CC[C@@H]3[C@@H](CO[C@@H]3CNS(C)(=O)=O)C2)nc1.O=C(O)C(F)(F)F. The van der Waals surface area contributed by atoms with E-state index in [2.05, 4.69) is 26.5 Å². The molecule has 0 unspecified atom stereocenters. The van der Waals surface area contributed by atoms with Crippen molar-refractivity contribution in [3.63, 3.8) is 0 Å². The van der Waals surface area contributed by atoms with Gasteiger partial charge in [0.1, 0.15) is 0 Å². The van der Waals surface area contributed by atoms with Gasteiger partial charge in [0.05, 0.1) is 19.0 Å². The van der Waals surface area contributed by atoms with E-state index in [-0.39, 0.29) is 6.10 Å². The molecule has 170 valence electrons. The van der Waals surface area contributed by atoms with Gasteiger partial charge in [-0.25, -0.2) is 27.9 Å². The number of nitrogens with zero attached hydrogens (tertiary/aromatic N) is 3. The van der Waals surface area contributed by atoms with Crippen molar-refractivity contribution in [1.29, 1.82) is 0 Å². The molecule has 2 N–H and O–H groups in total. The second-order valence-electron chi connectivity index (χ2n) is 7.20. The molecule has 1 aromatic heterocycles. The maximum Gasteiger partial charge on any atom is 0.490 e. The number of anilines is 1. The van der Waals surface area contributed by atoms with Crippen molar-refractivity contribution in [1.82, 2.24) is 14.7 Å². The molecule has 2 aliphatic rings. The molecule has 30 heavy (non-hydrogen) atoms. The van der Waals surface area contributed by atoms with Gasteiger partial charge in [-0.2, -0.15) is 13.2 Å². The molecule has 0 saturated carbocycles. The van der Waals surface area contributed by atoms with Crippen LogP contribution in [0.3, 0.4) is 0 Å². The minimum absolute atomic E-state index is 0.0275. The predicted molar refractivity (Wildman–Crippen MR) is 101 cm³/mol. The standard InChI is InChI=1S/C15H24N4O3S.C2HF3O2/c1-3-11-6-16-15(17-7-11)19-5-4-13-12(9-19)10-22-14(13)8-18-23(2,20)21;3-2(4,5)1(6)7/h6-7,12-14,18H,3-5,8-10H2,1-2H3;(H,6,7)/t12-,13-,14-;/m1./s1. The third-order valence-electron chi connectivity index (χ3n) is 4.97. The molecule has 13 heteroatoms. The first kappa shape index (κ1) is 24.3. The Kier molecular flexibility index (Phi) is 7.99. The average molecular weight is 454 g/mol. The monoisotopic (exact) mass is 454 g/mol. The first-order valence-electron chi connectivity index (χ1n) is 9.33. The molecule has 0 amide bonds. The van der Waals surface area contributed by atoms with Gasteiger partial charge in [-0.05, 0) is 24.3 Å². The van der Waals surface area contributed by atoms with E-state index in [4.69, 9.17) is 14.6 Å². The summed E-state index contributed by atoms with van der Waals surface area (Å²) in [5, 5.41) is 7.12. The van der Waals surface area contributed by atoms with Crippen LogP contribution in [0.15, 0.2) is 12.4 Å². The fourth-order valence-electron chi connectivity index (χ4n) is 3.41. The number of sulfonamides is 1. The Morgan fingerprint density at radius 1 is 1.37 bits per heavy atom. The molecule has 0 aliphatic carbocycles. The van der Waals surface area contributed by atoms with Crippen molar-refractivity contribution < 1.29 is 36.2 Å². The van der Waals surface area contributed by atoms with Gasteiger partial charge in [0.25, 0.3) is 0 Å². The normalized spacial score (nSPS) is 24.0. The summed E-state index contributed by atoms with van der Waals surface area (Å²) >= 11 is 0. The number of aliphatic carboxylic acids is 1. The van der Waals surface area contributed by atoms with Crippen LogP contribution in [-0.4, -0.2) is 74.2 Å². The second kappa shape index (κ2) is 9.88. The van der Waals surface area contributed by atoms with Crippen molar-refractivity contribution in [3.05, 3.63) is 18.0 Å². The lowest BCUT2D eigenvalue weighted by atomic mass is 9.84. The summed E-state index contributed by atoms with van der Waals surface area (Å²) in [5.41, 5.74) is 1.14. The molecule has 0 aromatic carbocycles. The molecule has 0 bridgehead atoms. The third-order valence-corrected chi connectivity index (χ3v) is 5.66. The van der Waals surface area contributed by atoms with Crippen LogP contribution in [-0.2, 0) is 26.0 Å². The number of piperidine rings is 1. The highest BCUT2D eigenvalue weighted by Gasteiger charge is 2.41. The van der Waals surface area contributed by atoms with Crippen molar-refractivity contribution >= 4 is 21.9 Å². The van der Waals surface area contributed by atoms with Gasteiger partial charge < -0.3 is 14.7 Å². The number of rotatable bonds is 5. The predicted octanol–water partition coefficient (Wildman–Crippen LogP) is 1.06.